The molecule has 0 aromatic heterocycles. The van der Waals surface area contributed by atoms with Gasteiger partial charge in [-0.25, -0.2) is 0 Å². The lowest BCUT2D eigenvalue weighted by molar-refractivity contribution is -0.938. The van der Waals surface area contributed by atoms with E-state index in [2.05, 4.69) is 12.2 Å². The Balaban J connectivity index is 2.12. The number of fused-ring (bicyclic) bond motifs is 2. The zero-order chi connectivity index (χ0) is 8.55. The smallest absolute Gasteiger partial charge is 0.0928 e. The number of nitrogens with zero attached hydrogens (tertiary/aromatic N) is 1. The van der Waals surface area contributed by atoms with Crippen LogP contribution in [0.4, 0.5) is 0 Å². The third-order valence-electron chi connectivity index (χ3n) is 3.50. The van der Waals surface area contributed by atoms with Crippen LogP contribution in [-0.2, 0) is 0 Å². The third-order valence-corrected chi connectivity index (χ3v) is 3.50. The zero-order valence-corrected chi connectivity index (χ0v) is 7.58. The van der Waals surface area contributed by atoms with Gasteiger partial charge in [-0.05, 0) is 19.3 Å². The predicted molar refractivity (Wildman–Crippen MR) is 46.8 cm³/mol. The standard InChI is InChI=1S/C9H16N2O/c1-11-8-3-2-4-9(11)6-7(5-8)10-12/h8-9,12H,2-6H2,1H3/p+1/t8-,9+. The van der Waals surface area contributed by atoms with Crippen LogP contribution in [0.3, 0.4) is 0 Å². The van der Waals surface area contributed by atoms with Crippen molar-refractivity contribution in [3.8, 4) is 0 Å². The van der Waals surface area contributed by atoms with Crippen LogP contribution in [-0.4, -0.2) is 30.1 Å². The second-order valence-electron chi connectivity index (χ2n) is 4.14. The van der Waals surface area contributed by atoms with E-state index in [0.29, 0.717) is 0 Å². The lowest BCUT2D eigenvalue weighted by atomic mass is 9.84. The van der Waals surface area contributed by atoms with Crippen molar-refractivity contribution in [1.29, 1.82) is 0 Å². The number of hydrogen-bond donors (Lipinski definition) is 2. The summed E-state index contributed by atoms with van der Waals surface area (Å²) in [5, 5.41) is 12.1. The molecule has 3 nitrogen and oxygen atoms in total. The van der Waals surface area contributed by atoms with E-state index in [0.717, 1.165) is 30.6 Å². The second-order valence-corrected chi connectivity index (χ2v) is 4.14. The molecule has 0 amide bonds. The third kappa shape index (κ3) is 1.22. The van der Waals surface area contributed by atoms with Crippen molar-refractivity contribution in [2.45, 2.75) is 44.2 Å². The Bertz CT molecular complexity index is 187. The number of nitrogens with one attached hydrogen (secondary N) is 1. The summed E-state index contributed by atoms with van der Waals surface area (Å²) in [5.41, 5.74) is 1.02. The molecule has 1 unspecified atom stereocenters. The van der Waals surface area contributed by atoms with E-state index in [1.54, 1.807) is 4.90 Å². The van der Waals surface area contributed by atoms with E-state index in [1.807, 2.05) is 0 Å². The molecule has 2 bridgehead atoms. The molecule has 0 aromatic rings. The number of rotatable bonds is 0. The Hall–Kier alpha value is -0.570. The van der Waals surface area contributed by atoms with Crippen LogP contribution in [0.25, 0.3) is 0 Å². The van der Waals surface area contributed by atoms with Gasteiger partial charge in [0, 0.05) is 12.8 Å². The molecule has 3 atom stereocenters. The molecule has 2 heterocycles. The molecular formula is C9H17N2O+. The number of quaternary nitrogens is 1. The molecule has 3 heteroatoms. The van der Waals surface area contributed by atoms with E-state index < -0.39 is 0 Å². The summed E-state index contributed by atoms with van der Waals surface area (Å²) in [6, 6.07) is 1.45. The molecule has 0 saturated carbocycles. The Kier molecular flexibility index (Phi) is 2.05. The molecule has 2 saturated heterocycles. The predicted octanol–water partition coefficient (Wildman–Crippen LogP) is 0.0462. The molecule has 2 rings (SSSR count). The van der Waals surface area contributed by atoms with E-state index in [4.69, 9.17) is 5.21 Å². The van der Waals surface area contributed by atoms with Gasteiger partial charge in [-0.2, -0.15) is 0 Å². The second kappa shape index (κ2) is 3.05. The van der Waals surface area contributed by atoms with Crippen molar-refractivity contribution in [2.24, 2.45) is 5.16 Å². The molecule has 2 aliphatic heterocycles. The van der Waals surface area contributed by atoms with Gasteiger partial charge in [0.25, 0.3) is 0 Å². The van der Waals surface area contributed by atoms with Gasteiger partial charge >= 0.3 is 0 Å². The van der Waals surface area contributed by atoms with Gasteiger partial charge in [0.05, 0.1) is 24.8 Å². The largest absolute Gasteiger partial charge is 0.411 e. The van der Waals surface area contributed by atoms with Gasteiger partial charge in [-0.15, -0.1) is 0 Å². The van der Waals surface area contributed by atoms with Crippen molar-refractivity contribution in [1.82, 2.24) is 0 Å². The Morgan fingerprint density at radius 3 is 2.42 bits per heavy atom. The summed E-state index contributed by atoms with van der Waals surface area (Å²) in [4.78, 5) is 1.66. The summed E-state index contributed by atoms with van der Waals surface area (Å²) in [6.07, 6.45) is 6.01. The lowest BCUT2D eigenvalue weighted by Crippen LogP contribution is -3.18. The molecule has 0 radical (unpaired) electrons. The fourth-order valence-electron chi connectivity index (χ4n) is 2.66. The lowest BCUT2D eigenvalue weighted by Gasteiger charge is -2.40. The van der Waals surface area contributed by atoms with Crippen LogP contribution < -0.4 is 4.90 Å². The maximum absolute atomic E-state index is 8.71. The summed E-state index contributed by atoms with van der Waals surface area (Å²) in [5.74, 6) is 0. The number of piperidine rings is 2. The average molecular weight is 169 g/mol. The summed E-state index contributed by atoms with van der Waals surface area (Å²) in [6.45, 7) is 0. The van der Waals surface area contributed by atoms with Gasteiger partial charge in [0.1, 0.15) is 0 Å². The van der Waals surface area contributed by atoms with Crippen molar-refractivity contribution in [3.63, 3.8) is 0 Å². The maximum Gasteiger partial charge on any atom is 0.0928 e. The Labute approximate surface area is 73.1 Å². The molecule has 0 spiro atoms. The number of hydrogen-bond acceptors (Lipinski definition) is 2. The van der Waals surface area contributed by atoms with Gasteiger partial charge in [-0.1, -0.05) is 5.16 Å². The first-order valence-corrected chi connectivity index (χ1v) is 4.84. The van der Waals surface area contributed by atoms with Crippen LogP contribution in [0.5, 0.6) is 0 Å². The number of oxime groups is 1. The highest BCUT2D eigenvalue weighted by Gasteiger charge is 2.37. The fourth-order valence-corrected chi connectivity index (χ4v) is 2.66. The summed E-state index contributed by atoms with van der Waals surface area (Å²) < 4.78 is 0. The molecule has 2 aliphatic rings. The molecule has 68 valence electrons. The van der Waals surface area contributed by atoms with Crippen molar-refractivity contribution in [2.75, 3.05) is 7.05 Å². The maximum atomic E-state index is 8.71. The van der Waals surface area contributed by atoms with Crippen molar-refractivity contribution < 1.29 is 10.1 Å². The Morgan fingerprint density at radius 2 is 1.92 bits per heavy atom. The topological polar surface area (TPSA) is 37.0 Å². The quantitative estimate of drug-likeness (QED) is 0.390. The average Bonchev–Trinajstić information content (AvgIpc) is 2.04. The first-order chi connectivity index (χ1) is 5.81. The van der Waals surface area contributed by atoms with Crippen molar-refractivity contribution in [3.05, 3.63) is 0 Å². The minimum atomic E-state index is 0.725. The Morgan fingerprint density at radius 1 is 1.33 bits per heavy atom. The van der Waals surface area contributed by atoms with Gasteiger partial charge < -0.3 is 10.1 Å². The molecule has 2 fully saturated rings. The van der Waals surface area contributed by atoms with Crippen LogP contribution in [0.15, 0.2) is 5.16 Å². The van der Waals surface area contributed by atoms with Gasteiger partial charge in [-0.3, -0.25) is 0 Å². The molecular weight excluding hydrogens is 152 g/mol. The van der Waals surface area contributed by atoms with Crippen LogP contribution >= 0.6 is 0 Å². The highest BCUT2D eigenvalue weighted by Crippen LogP contribution is 2.19. The molecule has 12 heavy (non-hydrogen) atoms. The fraction of sp³-hybridized carbons (Fsp3) is 0.889. The van der Waals surface area contributed by atoms with Crippen molar-refractivity contribution >= 4 is 5.71 Å². The molecule has 2 N–H and O–H groups in total. The molecule has 0 aromatic carbocycles. The van der Waals surface area contributed by atoms with E-state index in [1.165, 1.54) is 19.3 Å². The monoisotopic (exact) mass is 169 g/mol. The molecule has 0 aliphatic carbocycles. The van der Waals surface area contributed by atoms with Crippen LogP contribution in [0.1, 0.15) is 32.1 Å². The van der Waals surface area contributed by atoms with Gasteiger partial charge in [0.2, 0.25) is 0 Å². The minimum Gasteiger partial charge on any atom is -0.411 e. The summed E-state index contributed by atoms with van der Waals surface area (Å²) >= 11 is 0. The minimum absolute atomic E-state index is 0.725. The van der Waals surface area contributed by atoms with Crippen LogP contribution in [0, 0.1) is 0 Å². The summed E-state index contributed by atoms with van der Waals surface area (Å²) in [7, 11) is 2.28. The normalized spacial score (nSPS) is 44.8. The van der Waals surface area contributed by atoms with E-state index in [-0.39, 0.29) is 0 Å². The van der Waals surface area contributed by atoms with Crippen LogP contribution in [0.2, 0.25) is 0 Å². The zero-order valence-electron chi connectivity index (χ0n) is 7.58. The van der Waals surface area contributed by atoms with E-state index in [9.17, 15) is 0 Å². The first-order valence-electron chi connectivity index (χ1n) is 4.84. The SMILES string of the molecule is C[NH+]1[C@@H]2CCC[C@H]1CC(=NO)C2. The highest BCUT2D eigenvalue weighted by molar-refractivity contribution is 5.85. The van der Waals surface area contributed by atoms with Gasteiger partial charge in [0.15, 0.2) is 0 Å². The highest BCUT2D eigenvalue weighted by atomic mass is 16.4. The first kappa shape index (κ1) is 8.05. The van der Waals surface area contributed by atoms with E-state index >= 15 is 0 Å².